The molecule has 2 heterocycles. The van der Waals surface area contributed by atoms with Crippen LogP contribution in [0.5, 0.6) is 0 Å². The molecule has 4 nitrogen and oxygen atoms in total. The number of carbonyl (C=O) groups excluding carboxylic acids is 1. The predicted molar refractivity (Wildman–Crippen MR) is 88.7 cm³/mol. The van der Waals surface area contributed by atoms with Gasteiger partial charge in [-0.25, -0.2) is 0 Å². The Hall–Kier alpha value is -1.39. The minimum absolute atomic E-state index is 0.316. The van der Waals surface area contributed by atoms with Crippen LogP contribution in [0.1, 0.15) is 30.9 Å². The third-order valence-electron chi connectivity index (χ3n) is 4.98. The molecule has 0 saturated carbocycles. The molecule has 3 rings (SSSR count). The van der Waals surface area contributed by atoms with Crippen molar-refractivity contribution in [3.05, 3.63) is 35.9 Å². The van der Waals surface area contributed by atoms with E-state index in [0.717, 1.165) is 32.7 Å². The normalized spacial score (nSPS) is 24.4. The van der Waals surface area contributed by atoms with Gasteiger partial charge in [-0.2, -0.15) is 0 Å². The Kier molecular flexibility index (Phi) is 5.11. The van der Waals surface area contributed by atoms with Crippen LogP contribution in [0.2, 0.25) is 0 Å². The maximum absolute atomic E-state index is 12.5. The molecular formula is C18H27N3O. The van der Waals surface area contributed by atoms with Gasteiger partial charge >= 0.3 is 0 Å². The van der Waals surface area contributed by atoms with Crippen molar-refractivity contribution in [3.63, 3.8) is 0 Å². The minimum atomic E-state index is 0.316. The first-order chi connectivity index (χ1) is 10.7. The zero-order valence-electron chi connectivity index (χ0n) is 13.6. The smallest absolute Gasteiger partial charge is 0.236 e. The molecule has 4 heteroatoms. The average Bonchev–Trinajstić information content (AvgIpc) is 2.58. The number of likely N-dealkylation sites (tertiary alicyclic amines) is 1. The van der Waals surface area contributed by atoms with Crippen molar-refractivity contribution in [2.24, 2.45) is 0 Å². The number of benzene rings is 1. The molecule has 22 heavy (non-hydrogen) atoms. The summed E-state index contributed by atoms with van der Waals surface area (Å²) < 4.78 is 0. The van der Waals surface area contributed by atoms with Gasteiger partial charge in [-0.1, -0.05) is 30.3 Å². The van der Waals surface area contributed by atoms with Crippen molar-refractivity contribution in [1.29, 1.82) is 0 Å². The summed E-state index contributed by atoms with van der Waals surface area (Å²) in [4.78, 5) is 19.2. The number of hydrogen-bond acceptors (Lipinski definition) is 3. The molecule has 1 atom stereocenters. The number of amides is 1. The molecule has 2 aliphatic heterocycles. The number of piperazine rings is 1. The van der Waals surface area contributed by atoms with Crippen molar-refractivity contribution in [3.8, 4) is 0 Å². The second kappa shape index (κ2) is 7.25. The van der Waals surface area contributed by atoms with Crippen molar-refractivity contribution in [2.45, 2.75) is 25.3 Å². The van der Waals surface area contributed by atoms with Crippen molar-refractivity contribution in [1.82, 2.24) is 14.7 Å². The Morgan fingerprint density at radius 2 is 1.77 bits per heavy atom. The quantitative estimate of drug-likeness (QED) is 0.854. The largest absolute Gasteiger partial charge is 0.342 e. The van der Waals surface area contributed by atoms with Crippen molar-refractivity contribution in [2.75, 3.05) is 46.3 Å². The van der Waals surface area contributed by atoms with Crippen molar-refractivity contribution < 1.29 is 4.79 Å². The molecule has 2 fully saturated rings. The number of hydrogen-bond donors (Lipinski definition) is 0. The van der Waals surface area contributed by atoms with Gasteiger partial charge in [0.05, 0.1) is 6.54 Å². The molecule has 0 radical (unpaired) electrons. The molecule has 0 aliphatic carbocycles. The lowest BCUT2D eigenvalue weighted by molar-refractivity contribution is -0.134. The summed E-state index contributed by atoms with van der Waals surface area (Å²) in [7, 11) is 2.18. The Morgan fingerprint density at radius 3 is 2.50 bits per heavy atom. The first-order valence-electron chi connectivity index (χ1n) is 8.49. The lowest BCUT2D eigenvalue weighted by Crippen LogP contribution is -2.50. The fraction of sp³-hybridized carbons (Fsp3) is 0.611. The average molecular weight is 301 g/mol. The van der Waals surface area contributed by atoms with E-state index in [1.165, 1.54) is 24.8 Å². The van der Waals surface area contributed by atoms with Gasteiger partial charge in [-0.3, -0.25) is 14.6 Å². The molecule has 0 unspecified atom stereocenters. The maximum Gasteiger partial charge on any atom is 0.236 e. The SMILES string of the molecule is CN1CCN(CC(=O)N2CCCCC2)C[C@@H]1c1ccccc1. The second-order valence-electron chi connectivity index (χ2n) is 6.58. The zero-order valence-corrected chi connectivity index (χ0v) is 13.6. The molecule has 120 valence electrons. The van der Waals surface area contributed by atoms with E-state index in [1.807, 2.05) is 0 Å². The van der Waals surface area contributed by atoms with Crippen LogP contribution >= 0.6 is 0 Å². The van der Waals surface area contributed by atoms with Gasteiger partial charge in [0.25, 0.3) is 0 Å². The van der Waals surface area contributed by atoms with Crippen LogP contribution in [0.25, 0.3) is 0 Å². The molecule has 0 aromatic heterocycles. The number of likely N-dealkylation sites (N-methyl/N-ethyl adjacent to an activating group) is 1. The molecular weight excluding hydrogens is 274 g/mol. The van der Waals surface area contributed by atoms with E-state index in [9.17, 15) is 4.79 Å². The number of nitrogens with zero attached hydrogens (tertiary/aromatic N) is 3. The zero-order chi connectivity index (χ0) is 15.4. The third-order valence-corrected chi connectivity index (χ3v) is 4.98. The molecule has 2 saturated heterocycles. The Labute approximate surface area is 133 Å². The summed E-state index contributed by atoms with van der Waals surface area (Å²) >= 11 is 0. The maximum atomic E-state index is 12.5. The van der Waals surface area contributed by atoms with E-state index in [1.54, 1.807) is 0 Å². The van der Waals surface area contributed by atoms with Crippen molar-refractivity contribution >= 4 is 5.91 Å². The highest BCUT2D eigenvalue weighted by molar-refractivity contribution is 5.78. The molecule has 1 aromatic carbocycles. The summed E-state index contributed by atoms with van der Waals surface area (Å²) in [5, 5.41) is 0. The topological polar surface area (TPSA) is 26.8 Å². The number of carbonyl (C=O) groups is 1. The van der Waals surface area contributed by atoms with Crippen LogP contribution in [0, 0.1) is 0 Å². The predicted octanol–water partition coefficient (Wildman–Crippen LogP) is 1.99. The molecule has 0 spiro atoms. The van der Waals surface area contributed by atoms with Gasteiger partial charge in [0.2, 0.25) is 5.91 Å². The summed E-state index contributed by atoms with van der Waals surface area (Å²) in [5.74, 6) is 0.316. The molecule has 0 N–H and O–H groups in total. The third kappa shape index (κ3) is 3.68. The number of rotatable bonds is 3. The van der Waals surface area contributed by atoms with Crippen LogP contribution in [0.3, 0.4) is 0 Å². The van der Waals surface area contributed by atoms with E-state index in [2.05, 4.69) is 52.1 Å². The molecule has 0 bridgehead atoms. The van der Waals surface area contributed by atoms with Gasteiger partial charge in [0.1, 0.15) is 0 Å². The van der Waals surface area contributed by atoms with Gasteiger partial charge in [0, 0.05) is 38.8 Å². The highest BCUT2D eigenvalue weighted by atomic mass is 16.2. The first kappa shape index (κ1) is 15.5. The lowest BCUT2D eigenvalue weighted by atomic mass is 10.0. The second-order valence-corrected chi connectivity index (χ2v) is 6.58. The van der Waals surface area contributed by atoms with Crippen LogP contribution in [-0.2, 0) is 4.79 Å². The van der Waals surface area contributed by atoms with Crippen LogP contribution in [0.4, 0.5) is 0 Å². The molecule has 1 aromatic rings. The van der Waals surface area contributed by atoms with E-state index in [4.69, 9.17) is 0 Å². The Bertz CT molecular complexity index is 484. The van der Waals surface area contributed by atoms with Crippen LogP contribution < -0.4 is 0 Å². The summed E-state index contributed by atoms with van der Waals surface area (Å²) in [5.41, 5.74) is 1.35. The molecule has 2 aliphatic rings. The van der Waals surface area contributed by atoms with Crippen LogP contribution in [0.15, 0.2) is 30.3 Å². The van der Waals surface area contributed by atoms with Gasteiger partial charge < -0.3 is 4.90 Å². The number of piperidine rings is 1. The van der Waals surface area contributed by atoms with Gasteiger partial charge in [-0.15, -0.1) is 0 Å². The fourth-order valence-electron chi connectivity index (χ4n) is 3.54. The van der Waals surface area contributed by atoms with E-state index in [-0.39, 0.29) is 0 Å². The summed E-state index contributed by atoms with van der Waals surface area (Å²) in [6.07, 6.45) is 3.61. The summed E-state index contributed by atoms with van der Waals surface area (Å²) in [6, 6.07) is 11.0. The Morgan fingerprint density at radius 1 is 1.05 bits per heavy atom. The standard InChI is InChI=1S/C18H27N3O/c1-19-12-13-20(14-17(19)16-8-4-2-5-9-16)15-18(22)21-10-6-3-7-11-21/h2,4-5,8-9,17H,3,6-7,10-15H2,1H3/t17-/m1/s1. The molecule has 1 amide bonds. The lowest BCUT2D eigenvalue weighted by Gasteiger charge is -2.40. The monoisotopic (exact) mass is 301 g/mol. The highest BCUT2D eigenvalue weighted by Crippen LogP contribution is 2.23. The highest BCUT2D eigenvalue weighted by Gasteiger charge is 2.28. The van der Waals surface area contributed by atoms with Gasteiger partial charge in [0.15, 0.2) is 0 Å². The minimum Gasteiger partial charge on any atom is -0.342 e. The van der Waals surface area contributed by atoms with Gasteiger partial charge in [-0.05, 0) is 31.9 Å². The fourth-order valence-corrected chi connectivity index (χ4v) is 3.54. The van der Waals surface area contributed by atoms with E-state index < -0.39 is 0 Å². The summed E-state index contributed by atoms with van der Waals surface area (Å²) in [6.45, 7) is 5.44. The van der Waals surface area contributed by atoms with E-state index in [0.29, 0.717) is 18.5 Å². The first-order valence-corrected chi connectivity index (χ1v) is 8.49. The van der Waals surface area contributed by atoms with Crippen LogP contribution in [-0.4, -0.2) is 66.9 Å². The Balaban J connectivity index is 1.59. The van der Waals surface area contributed by atoms with E-state index >= 15 is 0 Å².